The smallest absolute Gasteiger partial charge is 0.336 e. The molecule has 4 aliphatic carbocycles. The minimum Gasteiger partial charge on any atom is -0.455 e. The van der Waals surface area contributed by atoms with Gasteiger partial charge in [-0.2, -0.15) is 0 Å². The number of ether oxygens (including phenoxy) is 2. The molecular formula is C17H26O3. The summed E-state index contributed by atoms with van der Waals surface area (Å²) in [6.07, 6.45) is 7.37. The van der Waals surface area contributed by atoms with E-state index in [0.717, 1.165) is 18.3 Å². The second-order valence-corrected chi connectivity index (χ2v) is 7.04. The third-order valence-corrected chi connectivity index (χ3v) is 5.96. The average Bonchev–Trinajstić information content (AvgIpc) is 2.42. The summed E-state index contributed by atoms with van der Waals surface area (Å²) in [7, 11) is 1.58. The largest absolute Gasteiger partial charge is 0.455 e. The van der Waals surface area contributed by atoms with E-state index in [1.54, 1.807) is 7.11 Å². The quantitative estimate of drug-likeness (QED) is 0.571. The zero-order chi connectivity index (χ0) is 14.3. The predicted molar refractivity (Wildman–Crippen MR) is 77.2 cm³/mol. The molecule has 4 fully saturated rings. The highest BCUT2D eigenvalue weighted by Gasteiger charge is 2.58. The van der Waals surface area contributed by atoms with Gasteiger partial charge in [0.1, 0.15) is 5.60 Å². The molecule has 0 amide bonds. The number of carbonyl (C=O) groups excluding carboxylic acids is 1. The molecule has 4 rings (SSSR count). The van der Waals surface area contributed by atoms with Crippen molar-refractivity contribution in [1.29, 1.82) is 0 Å². The molecule has 0 aromatic rings. The topological polar surface area (TPSA) is 35.5 Å². The molecule has 0 N–H and O–H groups in total. The molecule has 0 aromatic heterocycles. The fourth-order valence-corrected chi connectivity index (χ4v) is 5.28. The zero-order valence-electron chi connectivity index (χ0n) is 12.7. The summed E-state index contributed by atoms with van der Waals surface area (Å²) in [5.41, 5.74) is 0.218. The second-order valence-electron chi connectivity index (χ2n) is 7.04. The van der Waals surface area contributed by atoms with E-state index >= 15 is 0 Å². The Hall–Kier alpha value is -0.830. The Morgan fingerprint density at radius 3 is 2.15 bits per heavy atom. The number of rotatable bonds is 5. The summed E-state index contributed by atoms with van der Waals surface area (Å²) < 4.78 is 11.1. The van der Waals surface area contributed by atoms with Crippen LogP contribution in [-0.2, 0) is 14.3 Å². The van der Waals surface area contributed by atoms with Crippen molar-refractivity contribution < 1.29 is 14.3 Å². The van der Waals surface area contributed by atoms with Crippen LogP contribution in [0.15, 0.2) is 12.2 Å². The van der Waals surface area contributed by atoms with Gasteiger partial charge in [-0.15, -0.1) is 0 Å². The molecule has 0 saturated heterocycles. The first-order chi connectivity index (χ1) is 9.59. The van der Waals surface area contributed by atoms with Crippen molar-refractivity contribution in [3.05, 3.63) is 12.2 Å². The summed E-state index contributed by atoms with van der Waals surface area (Å²) in [5, 5.41) is 0. The highest BCUT2D eigenvalue weighted by atomic mass is 16.6. The maximum absolute atomic E-state index is 12.3. The normalized spacial score (nSPS) is 41.7. The van der Waals surface area contributed by atoms with Gasteiger partial charge in [0, 0.05) is 7.11 Å². The molecule has 3 heteroatoms. The van der Waals surface area contributed by atoms with Gasteiger partial charge in [-0.1, -0.05) is 13.5 Å². The number of methoxy groups -OCH3 is 1. The van der Waals surface area contributed by atoms with Gasteiger partial charge in [-0.05, 0) is 62.2 Å². The van der Waals surface area contributed by atoms with Gasteiger partial charge >= 0.3 is 5.97 Å². The molecule has 4 bridgehead atoms. The number of hydrogen-bond donors (Lipinski definition) is 0. The molecule has 4 saturated carbocycles. The van der Waals surface area contributed by atoms with Crippen molar-refractivity contribution in [1.82, 2.24) is 0 Å². The van der Waals surface area contributed by atoms with Crippen LogP contribution in [0.2, 0.25) is 0 Å². The lowest BCUT2D eigenvalue weighted by Gasteiger charge is -2.60. The summed E-state index contributed by atoms with van der Waals surface area (Å²) >= 11 is 0. The van der Waals surface area contributed by atoms with Crippen LogP contribution in [0, 0.1) is 23.7 Å². The first-order valence-corrected chi connectivity index (χ1v) is 7.99. The molecule has 0 aromatic carbocycles. The lowest BCUT2D eigenvalue weighted by Crippen LogP contribution is -2.59. The van der Waals surface area contributed by atoms with E-state index in [0.29, 0.717) is 17.4 Å². The lowest BCUT2D eigenvalue weighted by molar-refractivity contribution is -0.207. The third-order valence-electron chi connectivity index (χ3n) is 5.96. The van der Waals surface area contributed by atoms with Gasteiger partial charge in [0.2, 0.25) is 0 Å². The van der Waals surface area contributed by atoms with Crippen LogP contribution in [-0.4, -0.2) is 25.3 Å². The molecule has 0 radical (unpaired) electrons. The Labute approximate surface area is 121 Å². The van der Waals surface area contributed by atoms with Crippen molar-refractivity contribution in [2.24, 2.45) is 23.7 Å². The van der Waals surface area contributed by atoms with Crippen molar-refractivity contribution in [2.45, 2.75) is 51.0 Å². The van der Waals surface area contributed by atoms with Crippen LogP contribution in [0.25, 0.3) is 0 Å². The Bertz CT molecular complexity index is 384. The minimum atomic E-state index is -0.249. The van der Waals surface area contributed by atoms with E-state index < -0.39 is 0 Å². The Balaban J connectivity index is 1.78. The summed E-state index contributed by atoms with van der Waals surface area (Å²) in [6.45, 7) is 6.23. The number of esters is 1. The van der Waals surface area contributed by atoms with E-state index in [-0.39, 0.29) is 18.2 Å². The SMILES string of the molecule is C=C(COC)C(=O)OC1(CC)C2CC3CC(C2)CC1C3. The number of hydrogen-bond acceptors (Lipinski definition) is 3. The molecule has 0 unspecified atom stereocenters. The Kier molecular flexibility index (Phi) is 3.65. The highest BCUT2D eigenvalue weighted by Crippen LogP contribution is 2.60. The van der Waals surface area contributed by atoms with E-state index in [4.69, 9.17) is 9.47 Å². The summed E-state index contributed by atoms with van der Waals surface area (Å²) in [6, 6.07) is 0. The van der Waals surface area contributed by atoms with Gasteiger partial charge in [0.05, 0.1) is 12.2 Å². The summed E-state index contributed by atoms with van der Waals surface area (Å²) in [4.78, 5) is 12.3. The Morgan fingerprint density at radius 2 is 1.70 bits per heavy atom. The molecule has 20 heavy (non-hydrogen) atoms. The van der Waals surface area contributed by atoms with Crippen molar-refractivity contribution >= 4 is 5.97 Å². The first-order valence-electron chi connectivity index (χ1n) is 7.99. The van der Waals surface area contributed by atoms with Crippen LogP contribution >= 0.6 is 0 Å². The van der Waals surface area contributed by atoms with Crippen molar-refractivity contribution in [3.63, 3.8) is 0 Å². The zero-order valence-corrected chi connectivity index (χ0v) is 12.7. The van der Waals surface area contributed by atoms with Crippen LogP contribution in [0.1, 0.15) is 45.4 Å². The van der Waals surface area contributed by atoms with Gasteiger partial charge in [0.15, 0.2) is 0 Å². The molecule has 0 spiro atoms. The van der Waals surface area contributed by atoms with E-state index in [1.165, 1.54) is 32.1 Å². The van der Waals surface area contributed by atoms with Crippen molar-refractivity contribution in [2.75, 3.05) is 13.7 Å². The summed E-state index contributed by atoms with van der Waals surface area (Å²) in [5.74, 6) is 2.67. The molecular weight excluding hydrogens is 252 g/mol. The van der Waals surface area contributed by atoms with Gasteiger partial charge in [-0.3, -0.25) is 0 Å². The van der Waals surface area contributed by atoms with Crippen LogP contribution in [0.3, 0.4) is 0 Å². The van der Waals surface area contributed by atoms with E-state index in [9.17, 15) is 4.79 Å². The van der Waals surface area contributed by atoms with Gasteiger partial charge in [0.25, 0.3) is 0 Å². The third kappa shape index (κ3) is 2.11. The fraction of sp³-hybridized carbons (Fsp3) is 0.824. The number of carbonyl (C=O) groups is 1. The van der Waals surface area contributed by atoms with E-state index in [1.807, 2.05) is 0 Å². The standard InChI is InChI=1S/C17H26O3/c1-4-17(20-16(18)11(2)10-19-3)14-6-12-5-13(8-14)9-15(17)7-12/h12-15H,2,4-10H2,1,3H3. The lowest BCUT2D eigenvalue weighted by atomic mass is 9.49. The molecule has 3 nitrogen and oxygen atoms in total. The minimum absolute atomic E-state index is 0.221. The molecule has 0 atom stereocenters. The van der Waals surface area contributed by atoms with Crippen LogP contribution < -0.4 is 0 Å². The average molecular weight is 278 g/mol. The molecule has 0 aliphatic heterocycles. The molecule has 4 aliphatic rings. The molecule has 112 valence electrons. The van der Waals surface area contributed by atoms with Crippen LogP contribution in [0.5, 0.6) is 0 Å². The fourth-order valence-electron chi connectivity index (χ4n) is 5.28. The van der Waals surface area contributed by atoms with E-state index in [2.05, 4.69) is 13.5 Å². The monoisotopic (exact) mass is 278 g/mol. The van der Waals surface area contributed by atoms with Crippen molar-refractivity contribution in [3.8, 4) is 0 Å². The van der Waals surface area contributed by atoms with Gasteiger partial charge < -0.3 is 9.47 Å². The van der Waals surface area contributed by atoms with Gasteiger partial charge in [-0.25, -0.2) is 4.79 Å². The maximum Gasteiger partial charge on any atom is 0.336 e. The predicted octanol–water partition coefficient (Wildman–Crippen LogP) is 3.34. The Morgan fingerprint density at radius 1 is 1.15 bits per heavy atom. The maximum atomic E-state index is 12.3. The first kappa shape index (κ1) is 14.1. The highest BCUT2D eigenvalue weighted by molar-refractivity contribution is 5.88. The molecule has 0 heterocycles. The van der Waals surface area contributed by atoms with Crippen LogP contribution in [0.4, 0.5) is 0 Å². The second kappa shape index (κ2) is 5.18.